The summed E-state index contributed by atoms with van der Waals surface area (Å²) in [7, 11) is -3.34. The van der Waals surface area contributed by atoms with Gasteiger partial charge in [0.15, 0.2) is 0 Å². The van der Waals surface area contributed by atoms with Crippen LogP contribution in [0, 0.1) is 35.5 Å². The number of hydrogen-bond acceptors (Lipinski definition) is 8. The van der Waals surface area contributed by atoms with Gasteiger partial charge in [0.2, 0.25) is 10.0 Å². The Bertz CT molecular complexity index is 1360. The van der Waals surface area contributed by atoms with Crippen LogP contribution in [0.25, 0.3) is 0 Å². The maximum Gasteiger partial charge on any atom is 0.309 e. The summed E-state index contributed by atoms with van der Waals surface area (Å²) in [5, 5.41) is 20.3. The van der Waals surface area contributed by atoms with Gasteiger partial charge in [-0.3, -0.25) is 15.6 Å². The van der Waals surface area contributed by atoms with Gasteiger partial charge in [-0.15, -0.1) is 0 Å². The van der Waals surface area contributed by atoms with Crippen LogP contribution >= 0.6 is 0 Å². The van der Waals surface area contributed by atoms with E-state index in [0.29, 0.717) is 37.4 Å². The molecule has 0 aromatic carbocycles. The van der Waals surface area contributed by atoms with Gasteiger partial charge in [0.05, 0.1) is 23.8 Å². The molecule has 234 valence electrons. The molecule has 3 N–H and O–H groups in total. The van der Waals surface area contributed by atoms with E-state index < -0.39 is 21.9 Å². The summed E-state index contributed by atoms with van der Waals surface area (Å²) >= 11 is 0. The second-order valence-electron chi connectivity index (χ2n) is 14.0. The highest BCUT2D eigenvalue weighted by atomic mass is 32.2. The van der Waals surface area contributed by atoms with E-state index in [1.165, 1.54) is 11.1 Å². The van der Waals surface area contributed by atoms with Crippen molar-refractivity contribution in [2.24, 2.45) is 45.8 Å². The van der Waals surface area contributed by atoms with E-state index in [9.17, 15) is 18.3 Å². The third kappa shape index (κ3) is 5.78. The normalized spacial score (nSPS) is 42.5. The van der Waals surface area contributed by atoms with Crippen molar-refractivity contribution in [3.8, 4) is 0 Å². The van der Waals surface area contributed by atoms with E-state index in [0.717, 1.165) is 57.9 Å². The number of carbonyl (C=O) groups is 1. The van der Waals surface area contributed by atoms with Crippen molar-refractivity contribution in [1.82, 2.24) is 20.2 Å². The second-order valence-corrected chi connectivity index (χ2v) is 16.2. The average molecular weight is 611 g/mol. The van der Waals surface area contributed by atoms with Crippen LogP contribution in [-0.4, -0.2) is 78.4 Å². The first kappa shape index (κ1) is 29.4. The minimum absolute atomic E-state index is 0.0725. The van der Waals surface area contributed by atoms with Crippen LogP contribution < -0.4 is 10.9 Å². The quantitative estimate of drug-likeness (QED) is 0.374. The number of allylic oxidation sites excluding steroid dienone is 5. The van der Waals surface area contributed by atoms with Crippen LogP contribution in [0.2, 0.25) is 0 Å². The summed E-state index contributed by atoms with van der Waals surface area (Å²) in [6, 6.07) is 0.137. The summed E-state index contributed by atoms with van der Waals surface area (Å²) in [5.41, 5.74) is 9.05. The molecule has 7 aliphatic rings. The van der Waals surface area contributed by atoms with Gasteiger partial charge in [-0.1, -0.05) is 48.6 Å². The van der Waals surface area contributed by atoms with Crippen LogP contribution in [0.4, 0.5) is 0 Å². The standard InChI is InChI=1S/C32H46N6O4S/c1-20-12-24-7-2-3-11-30(24)43(41,42)37(18-20)19-21-6-4-8-22(13-21)23-9-5-10-25(14-23)38-31(28(16-34-38)32(39)40)27-15-26(27)29-17-33-36-35-29/h2,5,7,9-10,13,20-21,24-31,34H,3-4,6,8,11-12,14-19H2,1H3,(H,33,35)(H,39,40)/t20-,21?,24?,25?,26-,27-,28?,29?,30?,31?/m1/s1. The number of aliphatic carboxylic acids is 1. The Morgan fingerprint density at radius 3 is 2.84 bits per heavy atom. The number of nitrogens with zero attached hydrogens (tertiary/aromatic N) is 4. The van der Waals surface area contributed by atoms with Crippen molar-refractivity contribution in [3.05, 3.63) is 47.6 Å². The van der Waals surface area contributed by atoms with E-state index in [-0.39, 0.29) is 35.2 Å². The fourth-order valence-corrected chi connectivity index (χ4v) is 11.2. The molecule has 0 bridgehead atoms. The zero-order chi connectivity index (χ0) is 29.7. The van der Waals surface area contributed by atoms with Gasteiger partial charge in [-0.25, -0.2) is 17.7 Å². The number of nitrogens with one attached hydrogen (secondary N) is 2. The minimum Gasteiger partial charge on any atom is -0.481 e. The molecule has 0 aromatic rings. The van der Waals surface area contributed by atoms with Gasteiger partial charge in [0.1, 0.15) is 0 Å². The van der Waals surface area contributed by atoms with Gasteiger partial charge in [0.25, 0.3) is 0 Å². The van der Waals surface area contributed by atoms with Gasteiger partial charge in [-0.05, 0) is 92.1 Å². The number of fused-ring (bicyclic) bond motifs is 1. The smallest absolute Gasteiger partial charge is 0.309 e. The zero-order valence-corrected chi connectivity index (χ0v) is 25.9. The highest BCUT2D eigenvalue weighted by Gasteiger charge is 2.56. The molecule has 1 saturated carbocycles. The molecule has 0 aromatic heterocycles. The van der Waals surface area contributed by atoms with Gasteiger partial charge < -0.3 is 5.11 Å². The average Bonchev–Trinajstić information content (AvgIpc) is 3.39. The van der Waals surface area contributed by atoms with Crippen LogP contribution in [0.15, 0.2) is 57.9 Å². The van der Waals surface area contributed by atoms with Crippen molar-refractivity contribution in [2.75, 3.05) is 26.2 Å². The summed E-state index contributed by atoms with van der Waals surface area (Å²) in [6.07, 6.45) is 20.6. The Hall–Kier alpha value is -2.34. The molecule has 3 fully saturated rings. The predicted molar refractivity (Wildman–Crippen MR) is 164 cm³/mol. The van der Waals surface area contributed by atoms with Gasteiger partial charge in [-0.2, -0.15) is 5.11 Å². The maximum absolute atomic E-state index is 13.8. The first-order valence-electron chi connectivity index (χ1n) is 16.4. The molecular formula is C32H46N6O4S. The maximum atomic E-state index is 13.8. The second kappa shape index (κ2) is 11.9. The Morgan fingerprint density at radius 1 is 1.14 bits per heavy atom. The molecule has 43 heavy (non-hydrogen) atoms. The fourth-order valence-electron chi connectivity index (χ4n) is 8.90. The molecule has 7 rings (SSSR count). The summed E-state index contributed by atoms with van der Waals surface area (Å²) in [6.45, 7) is 4.57. The highest BCUT2D eigenvalue weighted by Crippen LogP contribution is 2.50. The summed E-state index contributed by atoms with van der Waals surface area (Å²) < 4.78 is 29.5. The predicted octanol–water partition coefficient (Wildman–Crippen LogP) is 3.84. The first-order chi connectivity index (χ1) is 20.8. The molecular weight excluding hydrogens is 564 g/mol. The van der Waals surface area contributed by atoms with Gasteiger partial charge >= 0.3 is 5.97 Å². The Labute approximate surface area is 255 Å². The van der Waals surface area contributed by atoms with Crippen molar-refractivity contribution in [1.29, 1.82) is 0 Å². The van der Waals surface area contributed by atoms with Crippen molar-refractivity contribution >= 4 is 16.0 Å². The third-order valence-electron chi connectivity index (χ3n) is 11.1. The summed E-state index contributed by atoms with van der Waals surface area (Å²) in [5.74, 6) is 0.177. The Balaban J connectivity index is 1.05. The van der Waals surface area contributed by atoms with Crippen LogP contribution in [-0.2, 0) is 14.8 Å². The molecule has 10 atom stereocenters. The lowest BCUT2D eigenvalue weighted by Crippen LogP contribution is -2.48. The first-order valence-corrected chi connectivity index (χ1v) is 17.9. The largest absolute Gasteiger partial charge is 0.481 e. The number of rotatable bonds is 7. The van der Waals surface area contributed by atoms with E-state index >= 15 is 0 Å². The molecule has 0 radical (unpaired) electrons. The lowest BCUT2D eigenvalue weighted by atomic mass is 9.83. The Kier molecular flexibility index (Phi) is 8.11. The number of carboxylic acids is 1. The number of sulfonamides is 1. The molecule has 0 spiro atoms. The van der Waals surface area contributed by atoms with E-state index in [1.54, 1.807) is 0 Å². The monoisotopic (exact) mass is 610 g/mol. The van der Waals surface area contributed by atoms with E-state index in [1.807, 2.05) is 4.31 Å². The van der Waals surface area contributed by atoms with Crippen LogP contribution in [0.3, 0.4) is 0 Å². The molecule has 11 heteroatoms. The van der Waals surface area contributed by atoms with Crippen LogP contribution in [0.1, 0.15) is 58.3 Å². The van der Waals surface area contributed by atoms with Crippen LogP contribution in [0.5, 0.6) is 0 Å². The van der Waals surface area contributed by atoms with Crippen molar-refractivity contribution < 1.29 is 18.3 Å². The SMILES string of the molecule is C[C@@H]1CC2C=CCCC2S(=O)(=O)N(CC2C=C(C3=CC=CC(N4NCC(C(=O)O)C4[C@@H]4C[C@H]4C4CNN=N4)C3)CCC2)C1. The lowest BCUT2D eigenvalue weighted by Gasteiger charge is -2.35. The highest BCUT2D eigenvalue weighted by molar-refractivity contribution is 7.89. The molecule has 3 heterocycles. The zero-order valence-electron chi connectivity index (χ0n) is 25.1. The lowest BCUT2D eigenvalue weighted by molar-refractivity contribution is -0.142. The molecule has 2 saturated heterocycles. The number of hydrogen-bond donors (Lipinski definition) is 3. The van der Waals surface area contributed by atoms with E-state index in [2.05, 4.69) is 69.6 Å². The molecule has 4 aliphatic carbocycles. The van der Waals surface area contributed by atoms with E-state index in [4.69, 9.17) is 0 Å². The van der Waals surface area contributed by atoms with Gasteiger partial charge in [0, 0.05) is 31.7 Å². The van der Waals surface area contributed by atoms with Crippen molar-refractivity contribution in [3.63, 3.8) is 0 Å². The Morgan fingerprint density at radius 2 is 2.02 bits per heavy atom. The minimum atomic E-state index is -3.34. The third-order valence-corrected chi connectivity index (χ3v) is 13.5. The topological polar surface area (TPSA) is 127 Å². The van der Waals surface area contributed by atoms with Crippen molar-refractivity contribution in [2.45, 2.75) is 81.7 Å². The summed E-state index contributed by atoms with van der Waals surface area (Å²) in [4.78, 5) is 12.3. The molecule has 0 amide bonds. The number of carboxylic acid groups (broad SMARTS) is 1. The molecule has 7 unspecified atom stereocenters. The molecule has 3 aliphatic heterocycles. The number of hydrazine groups is 1. The molecule has 10 nitrogen and oxygen atoms in total. The fraction of sp³-hybridized carbons (Fsp3) is 0.719.